The third kappa shape index (κ3) is 2.79. The van der Waals surface area contributed by atoms with Gasteiger partial charge < -0.3 is 5.73 Å². The number of rotatable bonds is 2. The fourth-order valence-electron chi connectivity index (χ4n) is 0.967. The summed E-state index contributed by atoms with van der Waals surface area (Å²) in [5.74, 6) is 0. The van der Waals surface area contributed by atoms with E-state index in [2.05, 4.69) is 22.0 Å². The number of hydrogen-bond donors (Lipinski definition) is 1. The Morgan fingerprint density at radius 3 is 2.85 bits per heavy atom. The lowest BCUT2D eigenvalue weighted by atomic mass is 10.1. The normalized spacial score (nSPS) is 9.23. The lowest BCUT2D eigenvalue weighted by Crippen LogP contribution is -2.11. The first-order chi connectivity index (χ1) is 6.13. The first kappa shape index (κ1) is 10.2. The molecule has 0 saturated heterocycles. The van der Waals surface area contributed by atoms with E-state index in [1.54, 1.807) is 12.1 Å². The first-order valence-corrected chi connectivity index (χ1v) is 4.80. The van der Waals surface area contributed by atoms with Crippen molar-refractivity contribution in [3.63, 3.8) is 0 Å². The van der Waals surface area contributed by atoms with Crippen molar-refractivity contribution in [2.24, 2.45) is 5.73 Å². The summed E-state index contributed by atoms with van der Waals surface area (Å²) in [6.45, 7) is 0. The lowest BCUT2D eigenvalue weighted by Gasteiger charge is -2.02. The van der Waals surface area contributed by atoms with E-state index in [0.29, 0.717) is 17.0 Å². The van der Waals surface area contributed by atoms with Crippen molar-refractivity contribution >= 4 is 33.1 Å². The van der Waals surface area contributed by atoms with Crippen LogP contribution in [-0.4, -0.2) is 4.99 Å². The van der Waals surface area contributed by atoms with Crippen molar-refractivity contribution in [1.29, 1.82) is 5.26 Å². The molecule has 0 aromatic heterocycles. The number of nitriles is 1. The second kappa shape index (κ2) is 4.35. The molecule has 0 aliphatic heterocycles. The summed E-state index contributed by atoms with van der Waals surface area (Å²) >= 11 is 8.15. The van der Waals surface area contributed by atoms with Gasteiger partial charge in [0, 0.05) is 10.9 Å². The second-order valence-corrected chi connectivity index (χ2v) is 3.94. The van der Waals surface area contributed by atoms with Crippen molar-refractivity contribution in [3.8, 4) is 6.07 Å². The summed E-state index contributed by atoms with van der Waals surface area (Å²) in [4.78, 5) is 0.427. The number of hydrogen-bond acceptors (Lipinski definition) is 2. The maximum absolute atomic E-state index is 8.66. The number of halogens is 1. The van der Waals surface area contributed by atoms with E-state index in [1.807, 2.05) is 6.07 Å². The summed E-state index contributed by atoms with van der Waals surface area (Å²) in [5, 5.41) is 8.66. The van der Waals surface area contributed by atoms with Crippen LogP contribution in [-0.2, 0) is 6.42 Å². The van der Waals surface area contributed by atoms with Crippen LogP contribution in [0.15, 0.2) is 22.7 Å². The lowest BCUT2D eigenvalue weighted by molar-refractivity contribution is 1.29. The van der Waals surface area contributed by atoms with E-state index in [1.165, 1.54) is 0 Å². The molecular weight excluding hydrogens is 248 g/mol. The van der Waals surface area contributed by atoms with Crippen LogP contribution in [0.25, 0.3) is 0 Å². The third-order valence-electron chi connectivity index (χ3n) is 1.54. The zero-order valence-electron chi connectivity index (χ0n) is 6.75. The quantitative estimate of drug-likeness (QED) is 0.824. The summed E-state index contributed by atoms with van der Waals surface area (Å²) in [6, 6.07) is 7.41. The molecule has 1 aromatic carbocycles. The summed E-state index contributed by atoms with van der Waals surface area (Å²) in [5.41, 5.74) is 6.98. The van der Waals surface area contributed by atoms with Crippen LogP contribution >= 0.6 is 28.1 Å². The summed E-state index contributed by atoms with van der Waals surface area (Å²) < 4.78 is 0.930. The van der Waals surface area contributed by atoms with Crippen LogP contribution in [0.3, 0.4) is 0 Å². The van der Waals surface area contributed by atoms with Gasteiger partial charge in [0.15, 0.2) is 0 Å². The molecule has 0 spiro atoms. The molecule has 0 fully saturated rings. The molecule has 1 aromatic rings. The van der Waals surface area contributed by atoms with Crippen molar-refractivity contribution in [2.45, 2.75) is 6.42 Å². The van der Waals surface area contributed by atoms with Crippen LogP contribution < -0.4 is 5.73 Å². The molecule has 1 rings (SSSR count). The Hall–Kier alpha value is -0.920. The van der Waals surface area contributed by atoms with Crippen molar-refractivity contribution in [1.82, 2.24) is 0 Å². The molecule has 66 valence electrons. The van der Waals surface area contributed by atoms with Crippen LogP contribution in [0.4, 0.5) is 0 Å². The molecule has 0 bridgehead atoms. The van der Waals surface area contributed by atoms with Crippen molar-refractivity contribution in [3.05, 3.63) is 33.8 Å². The Labute approximate surface area is 90.5 Å². The van der Waals surface area contributed by atoms with Gasteiger partial charge in [-0.05, 0) is 23.8 Å². The van der Waals surface area contributed by atoms with Crippen molar-refractivity contribution < 1.29 is 0 Å². The zero-order valence-corrected chi connectivity index (χ0v) is 9.15. The van der Waals surface area contributed by atoms with E-state index in [9.17, 15) is 0 Å². The van der Waals surface area contributed by atoms with E-state index >= 15 is 0 Å². The van der Waals surface area contributed by atoms with Crippen molar-refractivity contribution in [2.75, 3.05) is 0 Å². The molecular formula is C9H7BrN2S. The van der Waals surface area contributed by atoms with Gasteiger partial charge in [0.2, 0.25) is 0 Å². The van der Waals surface area contributed by atoms with Crippen LogP contribution in [0, 0.1) is 11.3 Å². The third-order valence-corrected chi connectivity index (χ3v) is 2.46. The molecule has 0 atom stereocenters. The second-order valence-electron chi connectivity index (χ2n) is 2.56. The maximum atomic E-state index is 8.66. The van der Waals surface area contributed by atoms with Gasteiger partial charge in [-0.2, -0.15) is 5.26 Å². The van der Waals surface area contributed by atoms with E-state index in [0.717, 1.165) is 10.0 Å². The molecule has 0 amide bonds. The first-order valence-electron chi connectivity index (χ1n) is 3.60. The van der Waals surface area contributed by atoms with Crippen LogP contribution in [0.2, 0.25) is 0 Å². The summed E-state index contributed by atoms with van der Waals surface area (Å²) in [6.07, 6.45) is 0.519. The molecule has 13 heavy (non-hydrogen) atoms. The molecule has 0 aliphatic carbocycles. The Morgan fingerprint density at radius 2 is 2.31 bits per heavy atom. The molecule has 0 aliphatic rings. The monoisotopic (exact) mass is 254 g/mol. The Morgan fingerprint density at radius 1 is 1.62 bits per heavy atom. The van der Waals surface area contributed by atoms with Gasteiger partial charge >= 0.3 is 0 Å². The maximum Gasteiger partial charge on any atom is 0.0991 e. The Kier molecular flexibility index (Phi) is 3.40. The minimum atomic E-state index is 0.427. The van der Waals surface area contributed by atoms with Gasteiger partial charge in [0.25, 0.3) is 0 Å². The molecule has 0 unspecified atom stereocenters. The zero-order chi connectivity index (χ0) is 9.84. The predicted molar refractivity (Wildman–Crippen MR) is 59.3 cm³/mol. The molecule has 0 heterocycles. The highest BCUT2D eigenvalue weighted by atomic mass is 79.9. The van der Waals surface area contributed by atoms with Gasteiger partial charge in [-0.1, -0.05) is 28.1 Å². The van der Waals surface area contributed by atoms with Gasteiger partial charge in [-0.3, -0.25) is 0 Å². The molecule has 0 saturated carbocycles. The highest BCUT2D eigenvalue weighted by Gasteiger charge is 2.02. The van der Waals surface area contributed by atoms with E-state index in [4.69, 9.17) is 23.2 Å². The standard InChI is InChI=1S/C9H7BrN2S/c10-8-2-1-6(5-11)3-7(8)4-9(12)13/h1-3H,4H2,(H2,12,13). The van der Waals surface area contributed by atoms with Gasteiger partial charge in [0.05, 0.1) is 16.6 Å². The molecule has 2 N–H and O–H groups in total. The topological polar surface area (TPSA) is 49.8 Å². The fourth-order valence-corrected chi connectivity index (χ4v) is 1.51. The number of nitrogens with zero attached hydrogens (tertiary/aromatic N) is 1. The van der Waals surface area contributed by atoms with E-state index < -0.39 is 0 Å². The largest absolute Gasteiger partial charge is 0.393 e. The molecule has 4 heteroatoms. The van der Waals surface area contributed by atoms with Gasteiger partial charge in [-0.15, -0.1) is 0 Å². The Bertz CT molecular complexity index is 382. The number of thiocarbonyl (C=S) groups is 1. The number of nitrogens with two attached hydrogens (primary N) is 1. The average Bonchev–Trinajstić information content (AvgIpc) is 2.08. The highest BCUT2D eigenvalue weighted by Crippen LogP contribution is 2.18. The Balaban J connectivity index is 3.05. The fraction of sp³-hybridized carbons (Fsp3) is 0.111. The average molecular weight is 255 g/mol. The summed E-state index contributed by atoms with van der Waals surface area (Å²) in [7, 11) is 0. The predicted octanol–water partition coefficient (Wildman–Crippen LogP) is 2.15. The van der Waals surface area contributed by atoms with Crippen LogP contribution in [0.5, 0.6) is 0 Å². The SMILES string of the molecule is N#Cc1ccc(Br)c(CC(N)=S)c1. The van der Waals surface area contributed by atoms with Crippen LogP contribution in [0.1, 0.15) is 11.1 Å². The van der Waals surface area contributed by atoms with Gasteiger partial charge in [0.1, 0.15) is 0 Å². The number of benzene rings is 1. The van der Waals surface area contributed by atoms with E-state index in [-0.39, 0.29) is 0 Å². The molecule has 0 radical (unpaired) electrons. The minimum absolute atomic E-state index is 0.427. The highest BCUT2D eigenvalue weighted by molar-refractivity contribution is 9.10. The molecule has 2 nitrogen and oxygen atoms in total. The minimum Gasteiger partial charge on any atom is -0.393 e. The smallest absolute Gasteiger partial charge is 0.0991 e. The van der Waals surface area contributed by atoms with Gasteiger partial charge in [-0.25, -0.2) is 0 Å².